The number of nitrogens with zero attached hydrogens (tertiary/aromatic N) is 5. The highest BCUT2D eigenvalue weighted by Gasteiger charge is 2.21. The zero-order valence-electron chi connectivity index (χ0n) is 16.4. The van der Waals surface area contributed by atoms with E-state index in [2.05, 4.69) is 29.7 Å². The van der Waals surface area contributed by atoms with Crippen molar-refractivity contribution in [3.05, 3.63) is 48.5 Å². The first-order valence-corrected chi connectivity index (χ1v) is 9.46. The van der Waals surface area contributed by atoms with E-state index >= 15 is 0 Å². The maximum Gasteiger partial charge on any atom is 0.387 e. The number of benzene rings is 1. The standard InChI is InChI=1S/C20H21F2N5O3/c1-28-16-12-14(5-6-15(16)29-20(21)22)19-24-18(30-25-19)13-26-8-10-27(11-9-26)17-4-2-3-7-23-17/h2-7,12,20H,8-11,13H2,1H3. The first-order chi connectivity index (χ1) is 14.6. The minimum absolute atomic E-state index is 0.0502. The number of aromatic nitrogens is 3. The van der Waals surface area contributed by atoms with Crippen LogP contribution in [-0.2, 0) is 6.54 Å². The summed E-state index contributed by atoms with van der Waals surface area (Å²) in [5.41, 5.74) is 0.587. The van der Waals surface area contributed by atoms with Crippen molar-refractivity contribution in [2.24, 2.45) is 0 Å². The molecule has 30 heavy (non-hydrogen) atoms. The lowest BCUT2D eigenvalue weighted by Crippen LogP contribution is -2.46. The van der Waals surface area contributed by atoms with Crippen molar-refractivity contribution in [1.82, 2.24) is 20.0 Å². The van der Waals surface area contributed by atoms with E-state index in [9.17, 15) is 8.78 Å². The van der Waals surface area contributed by atoms with Gasteiger partial charge in [0.15, 0.2) is 11.5 Å². The van der Waals surface area contributed by atoms with Gasteiger partial charge in [-0.2, -0.15) is 13.8 Å². The number of alkyl halides is 2. The molecule has 0 radical (unpaired) electrons. The van der Waals surface area contributed by atoms with Crippen LogP contribution in [0.15, 0.2) is 47.1 Å². The molecule has 3 aromatic rings. The summed E-state index contributed by atoms with van der Waals surface area (Å²) in [6, 6.07) is 10.4. The molecule has 1 aromatic carbocycles. The third-order valence-electron chi connectivity index (χ3n) is 4.81. The van der Waals surface area contributed by atoms with Crippen LogP contribution in [0, 0.1) is 0 Å². The molecule has 158 valence electrons. The Hall–Kier alpha value is -3.27. The van der Waals surface area contributed by atoms with Crippen molar-refractivity contribution >= 4 is 5.82 Å². The molecule has 2 aromatic heterocycles. The molecule has 0 bridgehead atoms. The Morgan fingerprint density at radius 1 is 1.10 bits per heavy atom. The van der Waals surface area contributed by atoms with Gasteiger partial charge in [-0.3, -0.25) is 4.90 Å². The molecule has 3 heterocycles. The largest absolute Gasteiger partial charge is 0.493 e. The van der Waals surface area contributed by atoms with Crippen molar-refractivity contribution in [2.45, 2.75) is 13.2 Å². The van der Waals surface area contributed by atoms with E-state index in [1.54, 1.807) is 12.3 Å². The highest BCUT2D eigenvalue weighted by molar-refractivity contribution is 5.60. The highest BCUT2D eigenvalue weighted by Crippen LogP contribution is 2.32. The number of pyridine rings is 1. The minimum atomic E-state index is -2.93. The fourth-order valence-corrected chi connectivity index (χ4v) is 3.30. The van der Waals surface area contributed by atoms with E-state index in [0.29, 0.717) is 23.8 Å². The van der Waals surface area contributed by atoms with Crippen LogP contribution >= 0.6 is 0 Å². The summed E-state index contributed by atoms with van der Waals surface area (Å²) in [6.45, 7) is 1.03. The highest BCUT2D eigenvalue weighted by atomic mass is 19.3. The SMILES string of the molecule is COc1cc(-c2noc(CN3CCN(c4ccccn4)CC3)n2)ccc1OC(F)F. The number of hydrogen-bond acceptors (Lipinski definition) is 8. The number of piperazine rings is 1. The molecule has 1 saturated heterocycles. The number of halogens is 2. The molecule has 0 unspecified atom stereocenters. The van der Waals surface area contributed by atoms with Crippen LogP contribution in [0.1, 0.15) is 5.89 Å². The predicted molar refractivity (Wildman–Crippen MR) is 105 cm³/mol. The van der Waals surface area contributed by atoms with Crippen molar-refractivity contribution in [2.75, 3.05) is 38.2 Å². The summed E-state index contributed by atoms with van der Waals surface area (Å²) >= 11 is 0. The monoisotopic (exact) mass is 417 g/mol. The van der Waals surface area contributed by atoms with Gasteiger partial charge in [0.1, 0.15) is 5.82 Å². The number of methoxy groups -OCH3 is 1. The molecule has 0 spiro atoms. The fraction of sp³-hybridized carbons (Fsp3) is 0.350. The zero-order chi connectivity index (χ0) is 20.9. The summed E-state index contributed by atoms with van der Waals surface area (Å²) in [6.07, 6.45) is 1.79. The van der Waals surface area contributed by atoms with E-state index in [4.69, 9.17) is 9.26 Å². The summed E-state index contributed by atoms with van der Waals surface area (Å²) < 4.78 is 39.9. The zero-order valence-corrected chi connectivity index (χ0v) is 16.4. The van der Waals surface area contributed by atoms with Gasteiger partial charge in [0.05, 0.1) is 13.7 Å². The lowest BCUT2D eigenvalue weighted by Gasteiger charge is -2.34. The van der Waals surface area contributed by atoms with E-state index in [1.165, 1.54) is 19.2 Å². The van der Waals surface area contributed by atoms with Gasteiger partial charge in [-0.05, 0) is 30.3 Å². The number of anilines is 1. The Balaban J connectivity index is 1.38. The Morgan fingerprint density at radius 2 is 1.93 bits per heavy atom. The van der Waals surface area contributed by atoms with Gasteiger partial charge in [-0.15, -0.1) is 0 Å². The van der Waals surface area contributed by atoms with Gasteiger partial charge in [0, 0.05) is 37.9 Å². The van der Waals surface area contributed by atoms with E-state index in [-0.39, 0.29) is 11.5 Å². The van der Waals surface area contributed by atoms with Gasteiger partial charge >= 0.3 is 6.61 Å². The fourth-order valence-electron chi connectivity index (χ4n) is 3.30. The van der Waals surface area contributed by atoms with Crippen molar-refractivity contribution in [3.63, 3.8) is 0 Å². The van der Waals surface area contributed by atoms with Crippen LogP contribution in [0.25, 0.3) is 11.4 Å². The van der Waals surface area contributed by atoms with Crippen LogP contribution in [0.4, 0.5) is 14.6 Å². The molecule has 1 aliphatic heterocycles. The molecular weight excluding hydrogens is 396 g/mol. The van der Waals surface area contributed by atoms with E-state index in [1.807, 2.05) is 18.2 Å². The van der Waals surface area contributed by atoms with Gasteiger partial charge < -0.3 is 18.9 Å². The van der Waals surface area contributed by atoms with Crippen LogP contribution in [0.2, 0.25) is 0 Å². The maximum absolute atomic E-state index is 12.5. The average Bonchev–Trinajstić information content (AvgIpc) is 3.23. The molecule has 0 atom stereocenters. The molecule has 0 aliphatic carbocycles. The van der Waals surface area contributed by atoms with Gasteiger partial charge in [-0.25, -0.2) is 4.98 Å². The first kappa shape index (κ1) is 20.0. The summed E-state index contributed by atoms with van der Waals surface area (Å²) in [7, 11) is 1.38. The maximum atomic E-state index is 12.5. The molecular formula is C20H21F2N5O3. The van der Waals surface area contributed by atoms with Crippen LogP contribution in [0.3, 0.4) is 0 Å². The van der Waals surface area contributed by atoms with Crippen LogP contribution in [-0.4, -0.2) is 59.9 Å². The molecule has 10 heteroatoms. The van der Waals surface area contributed by atoms with Crippen LogP contribution < -0.4 is 14.4 Å². The molecule has 0 N–H and O–H groups in total. The topological polar surface area (TPSA) is 76.8 Å². The Kier molecular flexibility index (Phi) is 6.03. The smallest absolute Gasteiger partial charge is 0.387 e. The lowest BCUT2D eigenvalue weighted by atomic mass is 10.2. The van der Waals surface area contributed by atoms with Crippen molar-refractivity contribution < 1.29 is 22.8 Å². The summed E-state index contributed by atoms with van der Waals surface area (Å²) in [5.74, 6) is 1.95. The van der Waals surface area contributed by atoms with E-state index in [0.717, 1.165) is 32.0 Å². The van der Waals surface area contributed by atoms with E-state index < -0.39 is 6.61 Å². The number of ether oxygens (including phenoxy) is 2. The quantitative estimate of drug-likeness (QED) is 0.581. The van der Waals surface area contributed by atoms with Crippen LogP contribution in [0.5, 0.6) is 11.5 Å². The molecule has 4 rings (SSSR count). The number of rotatable bonds is 7. The minimum Gasteiger partial charge on any atom is -0.493 e. The molecule has 0 amide bonds. The van der Waals surface area contributed by atoms with Crippen molar-refractivity contribution in [3.8, 4) is 22.9 Å². The Morgan fingerprint density at radius 3 is 2.63 bits per heavy atom. The summed E-state index contributed by atoms with van der Waals surface area (Å²) in [5, 5.41) is 4.00. The van der Waals surface area contributed by atoms with Crippen molar-refractivity contribution in [1.29, 1.82) is 0 Å². The molecule has 0 saturated carbocycles. The second-order valence-corrected chi connectivity index (χ2v) is 6.71. The number of hydrogen-bond donors (Lipinski definition) is 0. The molecule has 1 aliphatic rings. The van der Waals surface area contributed by atoms with Gasteiger partial charge in [-0.1, -0.05) is 11.2 Å². The normalized spacial score (nSPS) is 14.9. The molecule has 1 fully saturated rings. The summed E-state index contributed by atoms with van der Waals surface area (Å²) in [4.78, 5) is 13.3. The second kappa shape index (κ2) is 9.04. The average molecular weight is 417 g/mol. The van der Waals surface area contributed by atoms with Gasteiger partial charge in [0.25, 0.3) is 0 Å². The first-order valence-electron chi connectivity index (χ1n) is 9.46. The third kappa shape index (κ3) is 4.65. The predicted octanol–water partition coefficient (Wildman–Crippen LogP) is 3.06. The van der Waals surface area contributed by atoms with Gasteiger partial charge in [0.2, 0.25) is 11.7 Å². The second-order valence-electron chi connectivity index (χ2n) is 6.71. The Labute approximate surface area is 172 Å². The third-order valence-corrected chi connectivity index (χ3v) is 4.81. The Bertz CT molecular complexity index is 962. The lowest BCUT2D eigenvalue weighted by molar-refractivity contribution is -0.0512. The molecule has 8 nitrogen and oxygen atoms in total.